The smallest absolute Gasteiger partial charge is 0.268 e. The van der Waals surface area contributed by atoms with E-state index in [-0.39, 0.29) is 16.6 Å². The second-order valence-corrected chi connectivity index (χ2v) is 6.25. The molecule has 118 valence electrons. The van der Waals surface area contributed by atoms with Crippen molar-refractivity contribution in [2.45, 2.75) is 18.7 Å². The Morgan fingerprint density at radius 3 is 2.18 bits per heavy atom. The summed E-state index contributed by atoms with van der Waals surface area (Å²) in [5, 5.41) is 0. The van der Waals surface area contributed by atoms with Crippen LogP contribution in [0.4, 0.5) is 5.95 Å². The molecule has 0 atom stereocenters. The van der Waals surface area contributed by atoms with Gasteiger partial charge in [0.1, 0.15) is 16.4 Å². The van der Waals surface area contributed by atoms with E-state index < -0.39 is 10.0 Å². The monoisotopic (exact) mass is 323 g/mol. The molecule has 0 saturated heterocycles. The van der Waals surface area contributed by atoms with E-state index in [4.69, 9.17) is 9.47 Å². The van der Waals surface area contributed by atoms with Gasteiger partial charge in [-0.3, -0.25) is 0 Å². The zero-order chi connectivity index (χ0) is 16.3. The van der Waals surface area contributed by atoms with E-state index in [1.54, 1.807) is 26.0 Å². The fourth-order valence-corrected chi connectivity index (χ4v) is 3.07. The molecule has 0 fully saturated rings. The first kappa shape index (κ1) is 16.0. The maximum Gasteiger partial charge on any atom is 0.268 e. The van der Waals surface area contributed by atoms with Crippen LogP contribution in [-0.4, -0.2) is 32.6 Å². The number of hydrogen-bond acceptors (Lipinski definition) is 6. The highest BCUT2D eigenvalue weighted by atomic mass is 32.2. The SMILES string of the molecule is COc1ccc(OC)c(S(=O)(=O)Nc2nc(C)cc(C)n2)c1. The molecule has 7 nitrogen and oxygen atoms in total. The number of anilines is 1. The number of aryl methyl sites for hydroxylation is 2. The van der Waals surface area contributed by atoms with Crippen LogP contribution in [0, 0.1) is 13.8 Å². The van der Waals surface area contributed by atoms with E-state index in [1.165, 1.54) is 26.4 Å². The summed E-state index contributed by atoms with van der Waals surface area (Å²) in [6.07, 6.45) is 0. The highest BCUT2D eigenvalue weighted by Crippen LogP contribution is 2.29. The predicted octanol–water partition coefficient (Wildman–Crippen LogP) is 1.91. The Labute approximate surface area is 129 Å². The highest BCUT2D eigenvalue weighted by molar-refractivity contribution is 7.92. The largest absolute Gasteiger partial charge is 0.497 e. The van der Waals surface area contributed by atoms with E-state index in [1.807, 2.05) is 0 Å². The van der Waals surface area contributed by atoms with Gasteiger partial charge in [-0.2, -0.15) is 0 Å². The summed E-state index contributed by atoms with van der Waals surface area (Å²) in [6.45, 7) is 3.53. The molecule has 0 unspecified atom stereocenters. The average molecular weight is 323 g/mol. The molecular formula is C14H17N3O4S. The minimum absolute atomic E-state index is 0.0161. The number of nitrogens with zero attached hydrogens (tertiary/aromatic N) is 2. The molecule has 0 bridgehead atoms. The van der Waals surface area contributed by atoms with Gasteiger partial charge in [-0.05, 0) is 32.0 Å². The molecule has 0 spiro atoms. The fraction of sp³-hybridized carbons (Fsp3) is 0.286. The van der Waals surface area contributed by atoms with Crippen molar-refractivity contribution in [3.63, 3.8) is 0 Å². The highest BCUT2D eigenvalue weighted by Gasteiger charge is 2.22. The third kappa shape index (κ3) is 3.45. The molecule has 1 aromatic heterocycles. The lowest BCUT2D eigenvalue weighted by atomic mass is 10.3. The normalized spacial score (nSPS) is 11.1. The van der Waals surface area contributed by atoms with Gasteiger partial charge < -0.3 is 9.47 Å². The summed E-state index contributed by atoms with van der Waals surface area (Å²) in [7, 11) is -1.05. The lowest BCUT2D eigenvalue weighted by Gasteiger charge is -2.12. The van der Waals surface area contributed by atoms with E-state index in [9.17, 15) is 8.42 Å². The average Bonchev–Trinajstić information content (AvgIpc) is 2.44. The van der Waals surface area contributed by atoms with Crippen molar-refractivity contribution >= 4 is 16.0 Å². The summed E-state index contributed by atoms with van der Waals surface area (Å²) in [6, 6.07) is 6.27. The topological polar surface area (TPSA) is 90.4 Å². The summed E-state index contributed by atoms with van der Waals surface area (Å²) in [5.41, 5.74) is 1.34. The number of methoxy groups -OCH3 is 2. The quantitative estimate of drug-likeness (QED) is 0.904. The molecule has 0 saturated carbocycles. The van der Waals surface area contributed by atoms with Crippen molar-refractivity contribution in [2.24, 2.45) is 0 Å². The third-order valence-electron chi connectivity index (χ3n) is 2.87. The maximum atomic E-state index is 12.5. The molecule has 8 heteroatoms. The minimum Gasteiger partial charge on any atom is -0.497 e. The fourth-order valence-electron chi connectivity index (χ4n) is 1.94. The van der Waals surface area contributed by atoms with E-state index >= 15 is 0 Å². The molecule has 22 heavy (non-hydrogen) atoms. The van der Waals surface area contributed by atoms with Crippen LogP contribution in [-0.2, 0) is 10.0 Å². The van der Waals surface area contributed by atoms with Gasteiger partial charge in [0.05, 0.1) is 14.2 Å². The number of ether oxygens (including phenoxy) is 2. The summed E-state index contributed by atoms with van der Waals surface area (Å²) >= 11 is 0. The van der Waals surface area contributed by atoms with Crippen molar-refractivity contribution in [1.29, 1.82) is 0 Å². The Hall–Kier alpha value is -2.35. The van der Waals surface area contributed by atoms with Gasteiger partial charge >= 0.3 is 0 Å². The Kier molecular flexibility index (Phi) is 4.51. The van der Waals surface area contributed by atoms with Crippen molar-refractivity contribution in [2.75, 3.05) is 18.9 Å². The number of aromatic nitrogens is 2. The molecule has 2 aromatic rings. The number of benzene rings is 1. The second-order valence-electron chi connectivity index (χ2n) is 4.60. The Balaban J connectivity index is 2.46. The van der Waals surface area contributed by atoms with Crippen molar-refractivity contribution in [3.8, 4) is 11.5 Å². The van der Waals surface area contributed by atoms with Gasteiger partial charge in [0.15, 0.2) is 0 Å². The minimum atomic E-state index is -3.90. The number of nitrogens with one attached hydrogen (secondary N) is 1. The molecule has 0 aliphatic rings. The number of hydrogen-bond donors (Lipinski definition) is 1. The standard InChI is InChI=1S/C14H17N3O4S/c1-9-7-10(2)16-14(15-9)17-22(18,19)13-8-11(20-3)5-6-12(13)21-4/h5-8H,1-4H3,(H,15,16,17). The molecule has 0 amide bonds. The Bertz CT molecular complexity index is 770. The van der Waals surface area contributed by atoms with Crippen molar-refractivity contribution < 1.29 is 17.9 Å². The molecule has 0 aliphatic carbocycles. The molecule has 1 heterocycles. The van der Waals surface area contributed by atoms with Gasteiger partial charge in [-0.15, -0.1) is 0 Å². The predicted molar refractivity (Wildman–Crippen MR) is 81.9 cm³/mol. The maximum absolute atomic E-state index is 12.5. The Morgan fingerprint density at radius 2 is 1.64 bits per heavy atom. The van der Waals surface area contributed by atoms with Crippen LogP contribution in [0.3, 0.4) is 0 Å². The molecule has 1 N–H and O–H groups in total. The van der Waals surface area contributed by atoms with Crippen LogP contribution < -0.4 is 14.2 Å². The van der Waals surface area contributed by atoms with Crippen LogP contribution in [0.15, 0.2) is 29.2 Å². The van der Waals surface area contributed by atoms with Crippen LogP contribution in [0.5, 0.6) is 11.5 Å². The molecule has 0 radical (unpaired) electrons. The molecule has 2 rings (SSSR count). The second kappa shape index (κ2) is 6.18. The van der Waals surface area contributed by atoms with Gasteiger partial charge in [-0.1, -0.05) is 0 Å². The van der Waals surface area contributed by atoms with Gasteiger partial charge in [-0.25, -0.2) is 23.1 Å². The van der Waals surface area contributed by atoms with Crippen LogP contribution in [0.1, 0.15) is 11.4 Å². The van der Waals surface area contributed by atoms with Crippen molar-refractivity contribution in [1.82, 2.24) is 9.97 Å². The van der Waals surface area contributed by atoms with E-state index in [0.29, 0.717) is 17.1 Å². The van der Waals surface area contributed by atoms with Gasteiger partial charge in [0.2, 0.25) is 5.95 Å². The number of sulfonamides is 1. The van der Waals surface area contributed by atoms with Gasteiger partial charge in [0, 0.05) is 17.5 Å². The van der Waals surface area contributed by atoms with Crippen LogP contribution in [0.2, 0.25) is 0 Å². The zero-order valence-electron chi connectivity index (χ0n) is 12.7. The van der Waals surface area contributed by atoms with E-state index in [0.717, 1.165) is 0 Å². The van der Waals surface area contributed by atoms with E-state index in [2.05, 4.69) is 14.7 Å². The first-order valence-corrected chi connectivity index (χ1v) is 7.91. The van der Waals surface area contributed by atoms with Crippen molar-refractivity contribution in [3.05, 3.63) is 35.7 Å². The number of rotatable bonds is 5. The van der Waals surface area contributed by atoms with Crippen LogP contribution in [0.25, 0.3) is 0 Å². The third-order valence-corrected chi connectivity index (χ3v) is 4.22. The molecule has 1 aromatic carbocycles. The first-order valence-electron chi connectivity index (χ1n) is 6.43. The summed E-state index contributed by atoms with van der Waals surface area (Å²) in [5.74, 6) is 0.627. The zero-order valence-corrected chi connectivity index (χ0v) is 13.6. The molecular weight excluding hydrogens is 306 g/mol. The summed E-state index contributed by atoms with van der Waals surface area (Å²) in [4.78, 5) is 8.09. The van der Waals surface area contributed by atoms with Gasteiger partial charge in [0.25, 0.3) is 10.0 Å². The Morgan fingerprint density at radius 1 is 1.00 bits per heavy atom. The summed E-state index contributed by atoms with van der Waals surface area (Å²) < 4.78 is 37.6. The molecule has 0 aliphatic heterocycles. The lowest BCUT2D eigenvalue weighted by molar-refractivity contribution is 0.392. The van der Waals surface area contributed by atoms with Crippen LogP contribution >= 0.6 is 0 Å². The first-order chi connectivity index (χ1) is 10.4. The lowest BCUT2D eigenvalue weighted by Crippen LogP contribution is -2.16.